The van der Waals surface area contributed by atoms with E-state index in [-0.39, 0.29) is 4.91 Å². The van der Waals surface area contributed by atoms with Crippen molar-refractivity contribution in [2.45, 2.75) is 20.0 Å². The average Bonchev–Trinajstić information content (AvgIpc) is 3.01. The molecule has 166 valence electrons. The normalized spacial score (nSPS) is 14.7. The van der Waals surface area contributed by atoms with Gasteiger partial charge in [-0.1, -0.05) is 35.9 Å². The number of carbonyl (C=O) groups is 3. The maximum Gasteiger partial charge on any atom is 0.323 e. The number of methoxy groups -OCH3 is 1. The molecule has 7 nitrogen and oxygen atoms in total. The van der Waals surface area contributed by atoms with Crippen LogP contribution in [0.5, 0.6) is 11.5 Å². The van der Waals surface area contributed by atoms with Crippen molar-refractivity contribution in [1.82, 2.24) is 4.90 Å². The smallest absolute Gasteiger partial charge is 0.323 e. The van der Waals surface area contributed by atoms with E-state index in [4.69, 9.17) is 14.6 Å². The SMILES string of the molecule is C=CCc1cc(/C=C2/SC(=O)N(CC(=O)O)C2=O)cc(OC)c1OCc1ccc(C)cc1. The lowest BCUT2D eigenvalue weighted by Crippen LogP contribution is -2.33. The Morgan fingerprint density at radius 1 is 1.22 bits per heavy atom. The number of benzene rings is 2. The van der Waals surface area contributed by atoms with Crippen LogP contribution >= 0.6 is 11.8 Å². The van der Waals surface area contributed by atoms with Crippen molar-refractivity contribution >= 4 is 35.0 Å². The van der Waals surface area contributed by atoms with Gasteiger partial charge >= 0.3 is 5.97 Å². The zero-order valence-corrected chi connectivity index (χ0v) is 18.6. The molecule has 2 aromatic rings. The molecule has 2 aromatic carbocycles. The Morgan fingerprint density at radius 2 is 1.94 bits per heavy atom. The third-order valence-electron chi connectivity index (χ3n) is 4.71. The van der Waals surface area contributed by atoms with Gasteiger partial charge in [-0.2, -0.15) is 0 Å². The van der Waals surface area contributed by atoms with Crippen molar-refractivity contribution < 1.29 is 29.0 Å². The Labute approximate surface area is 190 Å². The van der Waals surface area contributed by atoms with Gasteiger partial charge in [0, 0.05) is 5.56 Å². The zero-order valence-electron chi connectivity index (χ0n) is 17.8. The molecule has 0 radical (unpaired) electrons. The molecule has 0 aliphatic carbocycles. The Morgan fingerprint density at radius 3 is 2.56 bits per heavy atom. The molecule has 0 unspecified atom stereocenters. The average molecular weight is 454 g/mol. The van der Waals surface area contributed by atoms with Crippen LogP contribution in [0.2, 0.25) is 0 Å². The van der Waals surface area contributed by atoms with E-state index in [1.54, 1.807) is 18.2 Å². The quantitative estimate of drug-likeness (QED) is 0.443. The minimum atomic E-state index is -1.25. The number of carboxylic acids is 1. The van der Waals surface area contributed by atoms with Crippen molar-refractivity contribution in [1.29, 1.82) is 0 Å². The first-order chi connectivity index (χ1) is 15.3. The Kier molecular flexibility index (Phi) is 7.37. The van der Waals surface area contributed by atoms with Crippen LogP contribution in [0.1, 0.15) is 22.3 Å². The highest BCUT2D eigenvalue weighted by Crippen LogP contribution is 2.37. The molecule has 8 heteroatoms. The summed E-state index contributed by atoms with van der Waals surface area (Å²) in [5, 5.41) is 8.30. The van der Waals surface area contributed by atoms with Crippen LogP contribution in [-0.2, 0) is 22.6 Å². The topological polar surface area (TPSA) is 93.1 Å². The minimum absolute atomic E-state index is 0.149. The van der Waals surface area contributed by atoms with Crippen molar-refractivity contribution in [2.24, 2.45) is 0 Å². The molecule has 1 aliphatic rings. The minimum Gasteiger partial charge on any atom is -0.493 e. The van der Waals surface area contributed by atoms with Crippen LogP contribution in [0, 0.1) is 6.92 Å². The summed E-state index contributed by atoms with van der Waals surface area (Å²) in [6.07, 6.45) is 3.78. The first-order valence-electron chi connectivity index (χ1n) is 9.79. The summed E-state index contributed by atoms with van der Waals surface area (Å²) in [5.41, 5.74) is 3.61. The highest BCUT2D eigenvalue weighted by Gasteiger charge is 2.36. The summed E-state index contributed by atoms with van der Waals surface area (Å²) in [6.45, 7) is 5.50. The van der Waals surface area contributed by atoms with Gasteiger partial charge in [0.25, 0.3) is 11.1 Å². The summed E-state index contributed by atoms with van der Waals surface area (Å²) in [5.74, 6) is -0.832. The second-order valence-electron chi connectivity index (χ2n) is 7.14. The fourth-order valence-corrected chi connectivity index (χ4v) is 3.99. The first-order valence-corrected chi connectivity index (χ1v) is 10.6. The molecule has 0 spiro atoms. The Bertz CT molecular complexity index is 1090. The molecule has 0 atom stereocenters. The van der Waals surface area contributed by atoms with Crippen molar-refractivity contribution in [3.05, 3.63) is 76.2 Å². The molecule has 0 aromatic heterocycles. The van der Waals surface area contributed by atoms with E-state index in [9.17, 15) is 14.4 Å². The fraction of sp³-hybridized carbons (Fsp3) is 0.208. The number of ether oxygens (including phenoxy) is 2. The number of rotatable bonds is 9. The number of nitrogens with zero attached hydrogens (tertiary/aromatic N) is 1. The molecule has 1 N–H and O–H groups in total. The van der Waals surface area contributed by atoms with Crippen molar-refractivity contribution in [3.63, 3.8) is 0 Å². The number of hydrogen-bond acceptors (Lipinski definition) is 6. The third-order valence-corrected chi connectivity index (χ3v) is 5.61. The number of thioether (sulfide) groups is 1. The largest absolute Gasteiger partial charge is 0.493 e. The molecular formula is C24H23NO6S. The number of imide groups is 1. The van der Waals surface area contributed by atoms with Gasteiger partial charge in [-0.15, -0.1) is 6.58 Å². The molecule has 3 rings (SSSR count). The van der Waals surface area contributed by atoms with E-state index in [1.165, 1.54) is 7.11 Å². The van der Waals surface area contributed by atoms with E-state index in [2.05, 4.69) is 6.58 Å². The molecule has 0 bridgehead atoms. The van der Waals surface area contributed by atoms with Crippen LogP contribution < -0.4 is 9.47 Å². The van der Waals surface area contributed by atoms with Crippen LogP contribution in [0.25, 0.3) is 6.08 Å². The predicted molar refractivity (Wildman–Crippen MR) is 123 cm³/mol. The fourth-order valence-electron chi connectivity index (χ4n) is 3.15. The third kappa shape index (κ3) is 5.39. The van der Waals surface area contributed by atoms with Gasteiger partial charge in [0.2, 0.25) is 0 Å². The number of aryl methyl sites for hydroxylation is 1. The lowest BCUT2D eigenvalue weighted by molar-refractivity contribution is -0.140. The number of aliphatic carboxylic acids is 1. The van der Waals surface area contributed by atoms with Crippen LogP contribution in [0.3, 0.4) is 0 Å². The van der Waals surface area contributed by atoms with Gasteiger partial charge in [0.05, 0.1) is 12.0 Å². The highest BCUT2D eigenvalue weighted by atomic mass is 32.2. The Balaban J connectivity index is 1.90. The summed E-state index contributed by atoms with van der Waals surface area (Å²) < 4.78 is 11.6. The second kappa shape index (κ2) is 10.2. The zero-order chi connectivity index (χ0) is 23.3. The van der Waals surface area contributed by atoms with Gasteiger partial charge in [-0.25, -0.2) is 0 Å². The number of allylic oxidation sites excluding steroid dienone is 1. The van der Waals surface area contributed by atoms with E-state index < -0.39 is 23.7 Å². The number of amides is 2. The summed E-state index contributed by atoms with van der Waals surface area (Å²) in [4.78, 5) is 36.2. The van der Waals surface area contributed by atoms with Crippen molar-refractivity contribution in [2.75, 3.05) is 13.7 Å². The van der Waals surface area contributed by atoms with E-state index >= 15 is 0 Å². The molecule has 1 heterocycles. The monoisotopic (exact) mass is 453 g/mol. The van der Waals surface area contributed by atoms with Crippen LogP contribution in [0.15, 0.2) is 54.0 Å². The molecule has 1 aliphatic heterocycles. The van der Waals surface area contributed by atoms with Gasteiger partial charge in [0.15, 0.2) is 11.5 Å². The maximum atomic E-state index is 12.5. The molecule has 1 saturated heterocycles. The highest BCUT2D eigenvalue weighted by molar-refractivity contribution is 8.18. The number of hydrogen-bond donors (Lipinski definition) is 1. The number of carboxylic acid groups (broad SMARTS) is 1. The molecule has 1 fully saturated rings. The standard InChI is InChI=1S/C24H23NO6S/c1-4-5-18-10-17(12-20-23(28)25(13-21(26)27)24(29)32-20)11-19(30-3)22(18)31-14-16-8-6-15(2)7-9-16/h4,6-12H,1,5,13-14H2,2-3H3,(H,26,27)/b20-12+. The lowest BCUT2D eigenvalue weighted by atomic mass is 10.0. The van der Waals surface area contributed by atoms with Gasteiger partial charge in [-0.3, -0.25) is 19.3 Å². The van der Waals surface area contributed by atoms with Gasteiger partial charge in [-0.05, 0) is 54.4 Å². The van der Waals surface area contributed by atoms with Crippen LogP contribution in [0.4, 0.5) is 4.79 Å². The maximum absolute atomic E-state index is 12.5. The Hall–Kier alpha value is -3.52. The van der Waals surface area contributed by atoms with Crippen molar-refractivity contribution in [3.8, 4) is 11.5 Å². The van der Waals surface area contributed by atoms with E-state index in [1.807, 2.05) is 37.3 Å². The van der Waals surface area contributed by atoms with Crippen LogP contribution in [-0.4, -0.2) is 40.8 Å². The lowest BCUT2D eigenvalue weighted by Gasteiger charge is -2.16. The first kappa shape index (κ1) is 23.1. The number of carbonyl (C=O) groups excluding carboxylic acids is 2. The molecule has 32 heavy (non-hydrogen) atoms. The summed E-state index contributed by atoms with van der Waals surface area (Å²) >= 11 is 0.707. The summed E-state index contributed by atoms with van der Waals surface area (Å²) in [6, 6.07) is 11.6. The molecule has 2 amide bonds. The van der Waals surface area contributed by atoms with Gasteiger partial charge in [0.1, 0.15) is 13.2 Å². The van der Waals surface area contributed by atoms with Gasteiger partial charge < -0.3 is 14.6 Å². The predicted octanol–water partition coefficient (Wildman–Crippen LogP) is 4.43. The summed E-state index contributed by atoms with van der Waals surface area (Å²) in [7, 11) is 1.52. The molecule has 0 saturated carbocycles. The molecular weight excluding hydrogens is 430 g/mol. The van der Waals surface area contributed by atoms with E-state index in [0.717, 1.165) is 16.7 Å². The second-order valence-corrected chi connectivity index (χ2v) is 8.13. The van der Waals surface area contributed by atoms with E-state index in [0.29, 0.717) is 46.8 Å².